The van der Waals surface area contributed by atoms with Crippen LogP contribution in [0, 0.1) is 0 Å². The van der Waals surface area contributed by atoms with Crippen LogP contribution in [-0.4, -0.2) is 73.4 Å². The highest BCUT2D eigenvalue weighted by molar-refractivity contribution is 7.47. The maximum atomic E-state index is 13.1. The first-order valence-corrected chi connectivity index (χ1v) is 39.7. The van der Waals surface area contributed by atoms with Crippen LogP contribution in [0.4, 0.5) is 0 Å². The van der Waals surface area contributed by atoms with Gasteiger partial charge in [0.2, 0.25) is 5.91 Å². The van der Waals surface area contributed by atoms with Gasteiger partial charge in [-0.25, -0.2) is 4.57 Å². The van der Waals surface area contributed by atoms with Crippen molar-refractivity contribution in [2.45, 2.75) is 418 Å². The number of carbonyl (C=O) groups is 1. The molecule has 0 aromatic rings. The third-order valence-corrected chi connectivity index (χ3v) is 18.9. The molecule has 9 heteroatoms. The SMILES string of the molecule is CCCCCCCCCCCCCCCCCCCCCCCCCC/C=C/CC/C=C/C(O)C(COP(=O)(O)OCC[N+](C)(C)C)NC(=O)CCCCCCCCCCCCCCCCCCCCCCCCCCCCCCCCCCC. The molecular formula is C76H152N2O6P+. The molecule has 0 aromatic heterocycles. The van der Waals surface area contributed by atoms with Crippen molar-refractivity contribution in [3.05, 3.63) is 24.3 Å². The van der Waals surface area contributed by atoms with E-state index in [0.717, 1.165) is 38.5 Å². The van der Waals surface area contributed by atoms with Crippen molar-refractivity contribution >= 4 is 13.7 Å². The fraction of sp³-hybridized carbons (Fsp3) is 0.934. The van der Waals surface area contributed by atoms with Crippen molar-refractivity contribution in [2.75, 3.05) is 40.9 Å². The highest BCUT2D eigenvalue weighted by atomic mass is 31.2. The molecule has 3 atom stereocenters. The molecule has 1 amide bonds. The number of nitrogens with one attached hydrogen (secondary N) is 1. The van der Waals surface area contributed by atoms with Crippen molar-refractivity contribution in [1.82, 2.24) is 5.32 Å². The molecule has 0 radical (unpaired) electrons. The van der Waals surface area contributed by atoms with Crippen LogP contribution in [-0.2, 0) is 18.4 Å². The molecule has 0 aliphatic carbocycles. The van der Waals surface area contributed by atoms with E-state index in [2.05, 4.69) is 31.3 Å². The van der Waals surface area contributed by atoms with Gasteiger partial charge in [0.15, 0.2) is 0 Å². The van der Waals surface area contributed by atoms with Crippen molar-refractivity contribution in [3.8, 4) is 0 Å². The molecule has 0 rings (SSSR count). The molecule has 0 saturated carbocycles. The van der Waals surface area contributed by atoms with Crippen molar-refractivity contribution < 1.29 is 32.9 Å². The first-order chi connectivity index (χ1) is 41.5. The number of nitrogens with zero attached hydrogens (tertiary/aromatic N) is 1. The topological polar surface area (TPSA) is 105 Å². The van der Waals surface area contributed by atoms with Crippen LogP contribution < -0.4 is 5.32 Å². The molecular weight excluding hydrogens is 1070 g/mol. The molecule has 506 valence electrons. The van der Waals surface area contributed by atoms with Crippen LogP contribution in [0.15, 0.2) is 24.3 Å². The second-order valence-corrected chi connectivity index (χ2v) is 29.2. The van der Waals surface area contributed by atoms with Crippen molar-refractivity contribution in [2.24, 2.45) is 0 Å². The third-order valence-electron chi connectivity index (χ3n) is 17.9. The predicted octanol–water partition coefficient (Wildman–Crippen LogP) is 24.6. The Hall–Kier alpha value is -1.02. The lowest BCUT2D eigenvalue weighted by Gasteiger charge is -2.25. The van der Waals surface area contributed by atoms with Crippen molar-refractivity contribution in [3.63, 3.8) is 0 Å². The lowest BCUT2D eigenvalue weighted by molar-refractivity contribution is -0.870. The number of aliphatic hydroxyl groups excluding tert-OH is 1. The van der Waals surface area contributed by atoms with Crippen molar-refractivity contribution in [1.29, 1.82) is 0 Å². The van der Waals surface area contributed by atoms with Gasteiger partial charge in [-0.2, -0.15) is 0 Å². The van der Waals surface area contributed by atoms with Crippen LogP contribution in [0.2, 0.25) is 0 Å². The average molecular weight is 1220 g/mol. The van der Waals surface area contributed by atoms with Crippen LogP contribution in [0.5, 0.6) is 0 Å². The molecule has 0 heterocycles. The van der Waals surface area contributed by atoms with Gasteiger partial charge in [-0.1, -0.05) is 391 Å². The first-order valence-electron chi connectivity index (χ1n) is 38.2. The number of phosphoric acid groups is 1. The number of hydrogen-bond acceptors (Lipinski definition) is 5. The number of amides is 1. The smallest absolute Gasteiger partial charge is 0.387 e. The molecule has 3 unspecified atom stereocenters. The van der Waals surface area contributed by atoms with E-state index in [1.165, 1.54) is 347 Å². The van der Waals surface area contributed by atoms with E-state index in [4.69, 9.17) is 9.05 Å². The first kappa shape index (κ1) is 84.0. The van der Waals surface area contributed by atoms with E-state index in [-0.39, 0.29) is 19.1 Å². The normalized spacial score (nSPS) is 13.6. The molecule has 85 heavy (non-hydrogen) atoms. The zero-order valence-corrected chi connectivity index (χ0v) is 59.0. The summed E-state index contributed by atoms with van der Waals surface area (Å²) in [6.45, 7) is 4.87. The minimum Gasteiger partial charge on any atom is -0.387 e. The summed E-state index contributed by atoms with van der Waals surface area (Å²) >= 11 is 0. The Morgan fingerprint density at radius 3 is 0.941 bits per heavy atom. The number of rotatable bonds is 72. The fourth-order valence-electron chi connectivity index (χ4n) is 12.0. The van der Waals surface area contributed by atoms with Gasteiger partial charge in [-0.3, -0.25) is 13.8 Å². The van der Waals surface area contributed by atoms with Crippen LogP contribution >= 0.6 is 7.82 Å². The number of carbonyl (C=O) groups excluding carboxylic acids is 1. The summed E-state index contributed by atoms with van der Waals surface area (Å²) in [5, 5.41) is 14.0. The second kappa shape index (κ2) is 67.4. The minimum absolute atomic E-state index is 0.0592. The van der Waals surface area contributed by atoms with Gasteiger partial charge in [-0.05, 0) is 32.1 Å². The summed E-state index contributed by atoms with van der Waals surface area (Å²) in [5.41, 5.74) is 0. The molecule has 0 fully saturated rings. The molecule has 0 aromatic carbocycles. The Labute approximate surface area is 532 Å². The van der Waals surface area contributed by atoms with Crippen LogP contribution in [0.1, 0.15) is 406 Å². The van der Waals surface area contributed by atoms with E-state index in [1.54, 1.807) is 6.08 Å². The van der Waals surface area contributed by atoms with Crippen LogP contribution in [0.3, 0.4) is 0 Å². The van der Waals surface area contributed by atoms with Gasteiger partial charge >= 0.3 is 7.82 Å². The summed E-state index contributed by atoms with van der Waals surface area (Å²) < 4.78 is 23.8. The van der Waals surface area contributed by atoms with Gasteiger partial charge in [0.05, 0.1) is 39.9 Å². The summed E-state index contributed by atoms with van der Waals surface area (Å²) in [6, 6.07) is -0.862. The Balaban J connectivity index is 4.00. The highest BCUT2D eigenvalue weighted by Crippen LogP contribution is 2.43. The Bertz CT molecular complexity index is 1430. The number of aliphatic hydroxyl groups is 1. The molecule has 0 aliphatic rings. The average Bonchev–Trinajstić information content (AvgIpc) is 3.52. The van der Waals surface area contributed by atoms with E-state index in [0.29, 0.717) is 17.4 Å². The number of unbranched alkanes of at least 4 members (excludes halogenated alkanes) is 57. The molecule has 0 bridgehead atoms. The minimum atomic E-state index is -4.36. The summed E-state index contributed by atoms with van der Waals surface area (Å²) in [4.78, 5) is 23.5. The zero-order valence-electron chi connectivity index (χ0n) is 58.1. The lowest BCUT2D eigenvalue weighted by Crippen LogP contribution is -2.45. The summed E-state index contributed by atoms with van der Waals surface area (Å²) in [7, 11) is 1.58. The molecule has 0 aliphatic heterocycles. The van der Waals surface area contributed by atoms with E-state index < -0.39 is 20.0 Å². The third kappa shape index (κ3) is 70.3. The standard InChI is InChI=1S/C76H151N2O6P/c1-6-8-10-12-14-16-18-20-22-24-26-28-30-32-34-36-38-39-40-42-44-46-48-50-52-54-56-58-60-62-64-66-68-70-76(80)77-74(73-84-85(81,82)83-72-71-78(3,4)5)75(79)69-67-65-63-61-59-57-55-53-51-49-47-45-43-41-37-35-33-31-29-27-25-23-21-19-17-15-13-11-9-7-2/h59,61,67,69,74-75,79H,6-58,60,62-66,68,70-73H2,1-5H3,(H-,77,80,81,82)/p+1/b61-59+,69-67+. The quantitative estimate of drug-likeness (QED) is 0.0243. The molecule has 0 saturated heterocycles. The molecule has 0 spiro atoms. The Kier molecular flexibility index (Phi) is 66.6. The van der Waals surface area contributed by atoms with E-state index in [9.17, 15) is 19.4 Å². The zero-order chi connectivity index (χ0) is 61.9. The van der Waals surface area contributed by atoms with Gasteiger partial charge in [-0.15, -0.1) is 0 Å². The second-order valence-electron chi connectivity index (χ2n) is 27.7. The predicted molar refractivity (Wildman–Crippen MR) is 374 cm³/mol. The van der Waals surface area contributed by atoms with Gasteiger partial charge < -0.3 is 19.8 Å². The summed E-state index contributed by atoms with van der Waals surface area (Å²) in [5.74, 6) is -0.177. The number of quaternary nitrogens is 1. The monoisotopic (exact) mass is 1220 g/mol. The molecule has 8 nitrogen and oxygen atoms in total. The molecule has 3 N–H and O–H groups in total. The Morgan fingerprint density at radius 2 is 0.647 bits per heavy atom. The maximum absolute atomic E-state index is 13.1. The van der Waals surface area contributed by atoms with Crippen LogP contribution in [0.25, 0.3) is 0 Å². The Morgan fingerprint density at radius 1 is 0.388 bits per heavy atom. The fourth-order valence-corrected chi connectivity index (χ4v) is 12.7. The summed E-state index contributed by atoms with van der Waals surface area (Å²) in [6.07, 6.45) is 89.4. The number of allylic oxidation sites excluding steroid dienone is 3. The largest absolute Gasteiger partial charge is 0.472 e. The lowest BCUT2D eigenvalue weighted by atomic mass is 10.0. The van der Waals surface area contributed by atoms with Gasteiger partial charge in [0.1, 0.15) is 13.2 Å². The van der Waals surface area contributed by atoms with E-state index >= 15 is 0 Å². The van der Waals surface area contributed by atoms with Gasteiger partial charge in [0, 0.05) is 6.42 Å². The van der Waals surface area contributed by atoms with Gasteiger partial charge in [0.25, 0.3) is 0 Å². The number of likely N-dealkylation sites (N-methyl/N-ethyl adjacent to an activating group) is 1. The van der Waals surface area contributed by atoms with E-state index in [1.807, 2.05) is 27.2 Å². The highest BCUT2D eigenvalue weighted by Gasteiger charge is 2.28. The number of hydrogen-bond donors (Lipinski definition) is 3. The maximum Gasteiger partial charge on any atom is 0.472 e. The number of phosphoric ester groups is 1.